The Morgan fingerprint density at radius 2 is 2.00 bits per heavy atom. The van der Waals surface area contributed by atoms with Gasteiger partial charge in [0.2, 0.25) is 0 Å². The fraction of sp³-hybridized carbons (Fsp3) is 0.714. The van der Waals surface area contributed by atoms with E-state index in [1.807, 2.05) is 11.7 Å². The quantitative estimate of drug-likeness (QED) is 0.577. The van der Waals surface area contributed by atoms with Crippen molar-refractivity contribution in [2.24, 2.45) is 7.05 Å². The lowest BCUT2D eigenvalue weighted by atomic mass is 10.2. The van der Waals surface area contributed by atoms with Gasteiger partial charge in [-0.05, 0) is 12.8 Å². The monoisotopic (exact) mass is 282 g/mol. The van der Waals surface area contributed by atoms with E-state index in [0.29, 0.717) is 5.88 Å². The second-order valence-electron chi connectivity index (χ2n) is 4.92. The second-order valence-corrected chi connectivity index (χ2v) is 5.30. The first-order valence-electron chi connectivity index (χ1n) is 7.19. The zero-order chi connectivity index (χ0) is 13.8. The Morgan fingerprint density at radius 1 is 1.21 bits per heavy atom. The number of hydrogen-bond acceptors (Lipinski definition) is 2. The Balaban J connectivity index is 2.43. The van der Waals surface area contributed by atoms with Gasteiger partial charge in [-0.2, -0.15) is 5.10 Å². The molecule has 0 radical (unpaired) electrons. The van der Waals surface area contributed by atoms with Crippen molar-refractivity contribution in [2.75, 3.05) is 5.88 Å². The lowest BCUT2D eigenvalue weighted by Crippen LogP contribution is -2.08. The molecular weight excluding hydrogens is 260 g/mol. The number of unbranched alkanes of at least 4 members (excludes halogenated alkanes) is 2. The van der Waals surface area contributed by atoms with Gasteiger partial charge in [0.05, 0.1) is 5.69 Å². The molecule has 0 saturated heterocycles. The Bertz CT molecular complexity index is 541. The molecule has 0 atom stereocenters. The van der Waals surface area contributed by atoms with Crippen LogP contribution in [0.4, 0.5) is 0 Å². The third-order valence-electron chi connectivity index (χ3n) is 3.51. The zero-order valence-corrected chi connectivity index (χ0v) is 12.9. The van der Waals surface area contributed by atoms with Gasteiger partial charge in [0.15, 0.2) is 5.65 Å². The molecule has 0 aromatic carbocycles. The van der Waals surface area contributed by atoms with Crippen molar-refractivity contribution >= 4 is 22.8 Å². The van der Waals surface area contributed by atoms with Gasteiger partial charge in [-0.15, -0.1) is 11.6 Å². The summed E-state index contributed by atoms with van der Waals surface area (Å²) in [6.45, 7) is 5.36. The molecule has 4 nitrogen and oxygen atoms in total. The molecule has 2 rings (SSSR count). The lowest BCUT2D eigenvalue weighted by Gasteiger charge is -2.08. The van der Waals surface area contributed by atoms with Gasteiger partial charge in [0.1, 0.15) is 11.3 Å². The molecular formula is C14H23ClN4. The summed E-state index contributed by atoms with van der Waals surface area (Å²) in [5.41, 5.74) is 3.29. The fourth-order valence-electron chi connectivity index (χ4n) is 2.56. The van der Waals surface area contributed by atoms with E-state index in [-0.39, 0.29) is 0 Å². The molecule has 0 bridgehead atoms. The first-order chi connectivity index (χ1) is 9.22. The largest absolute Gasteiger partial charge is 0.313 e. The minimum absolute atomic E-state index is 0.617. The number of aromatic nitrogens is 4. The van der Waals surface area contributed by atoms with E-state index in [9.17, 15) is 0 Å². The average molecular weight is 283 g/mol. The van der Waals surface area contributed by atoms with Crippen LogP contribution in [-0.2, 0) is 26.4 Å². The standard InChI is InChI=1S/C14H23ClN4/c1-4-6-7-10-19-12(8-9-15)16-13-11(5-2)17-18(3)14(13)19/h4-10H2,1-3H3. The van der Waals surface area contributed by atoms with Crippen molar-refractivity contribution in [1.29, 1.82) is 0 Å². The minimum Gasteiger partial charge on any atom is -0.313 e. The molecule has 2 aromatic heterocycles. The molecule has 0 N–H and O–H groups in total. The van der Waals surface area contributed by atoms with Crippen molar-refractivity contribution in [3.8, 4) is 0 Å². The van der Waals surface area contributed by atoms with Gasteiger partial charge in [-0.3, -0.25) is 4.68 Å². The summed E-state index contributed by atoms with van der Waals surface area (Å²) in [6.07, 6.45) is 5.41. The molecule has 2 heterocycles. The molecule has 0 aliphatic rings. The molecule has 0 saturated carbocycles. The summed E-state index contributed by atoms with van der Waals surface area (Å²) in [7, 11) is 2.00. The molecule has 2 aromatic rings. The van der Waals surface area contributed by atoms with Crippen LogP contribution in [0.5, 0.6) is 0 Å². The third-order valence-corrected chi connectivity index (χ3v) is 3.70. The van der Waals surface area contributed by atoms with Gasteiger partial charge < -0.3 is 4.57 Å². The summed E-state index contributed by atoms with van der Waals surface area (Å²) in [5, 5.41) is 4.56. The molecule has 0 aliphatic heterocycles. The normalized spacial score (nSPS) is 11.6. The highest BCUT2D eigenvalue weighted by atomic mass is 35.5. The molecule has 0 amide bonds. The molecule has 0 unspecified atom stereocenters. The van der Waals surface area contributed by atoms with E-state index < -0.39 is 0 Å². The molecule has 106 valence electrons. The van der Waals surface area contributed by atoms with E-state index in [0.717, 1.165) is 42.1 Å². The first kappa shape index (κ1) is 14.4. The summed E-state index contributed by atoms with van der Waals surface area (Å²) in [6, 6.07) is 0. The number of fused-ring (bicyclic) bond motifs is 1. The number of imidazole rings is 1. The number of aryl methyl sites for hydroxylation is 4. The molecule has 5 heteroatoms. The Morgan fingerprint density at radius 3 is 2.63 bits per heavy atom. The van der Waals surface area contributed by atoms with Gasteiger partial charge in [-0.1, -0.05) is 26.7 Å². The molecule has 0 fully saturated rings. The van der Waals surface area contributed by atoms with Crippen LogP contribution in [-0.4, -0.2) is 25.2 Å². The number of rotatable bonds is 7. The zero-order valence-electron chi connectivity index (χ0n) is 12.1. The van der Waals surface area contributed by atoms with E-state index in [1.54, 1.807) is 0 Å². The van der Waals surface area contributed by atoms with Crippen molar-refractivity contribution in [2.45, 2.75) is 52.5 Å². The Kier molecular flexibility index (Phi) is 4.86. The highest BCUT2D eigenvalue weighted by Gasteiger charge is 2.17. The maximum Gasteiger partial charge on any atom is 0.158 e. The van der Waals surface area contributed by atoms with Crippen molar-refractivity contribution < 1.29 is 0 Å². The van der Waals surface area contributed by atoms with Gasteiger partial charge in [0.25, 0.3) is 0 Å². The number of halogens is 1. The first-order valence-corrected chi connectivity index (χ1v) is 7.73. The van der Waals surface area contributed by atoms with Crippen LogP contribution in [0.3, 0.4) is 0 Å². The topological polar surface area (TPSA) is 35.6 Å². The molecule has 0 aliphatic carbocycles. The van der Waals surface area contributed by atoms with Gasteiger partial charge in [-0.25, -0.2) is 4.98 Å². The SMILES string of the molecule is CCCCCn1c(CCCl)nc2c(CC)nn(C)c21. The smallest absolute Gasteiger partial charge is 0.158 e. The van der Waals surface area contributed by atoms with E-state index in [4.69, 9.17) is 16.6 Å². The predicted octanol–water partition coefficient (Wildman–Crippen LogP) is 3.30. The molecule has 19 heavy (non-hydrogen) atoms. The summed E-state index contributed by atoms with van der Waals surface area (Å²) >= 11 is 5.90. The summed E-state index contributed by atoms with van der Waals surface area (Å²) in [4.78, 5) is 4.77. The number of nitrogens with zero attached hydrogens (tertiary/aromatic N) is 4. The summed E-state index contributed by atoms with van der Waals surface area (Å²) < 4.78 is 4.27. The van der Waals surface area contributed by atoms with Crippen LogP contribution < -0.4 is 0 Å². The Hall–Kier alpha value is -1.03. The van der Waals surface area contributed by atoms with E-state index in [1.165, 1.54) is 19.3 Å². The lowest BCUT2D eigenvalue weighted by molar-refractivity contribution is 0.579. The van der Waals surface area contributed by atoms with Crippen LogP contribution in [0.15, 0.2) is 0 Å². The van der Waals surface area contributed by atoms with Crippen LogP contribution in [0.25, 0.3) is 11.2 Å². The number of hydrogen-bond donors (Lipinski definition) is 0. The van der Waals surface area contributed by atoms with Gasteiger partial charge >= 0.3 is 0 Å². The van der Waals surface area contributed by atoms with Crippen molar-refractivity contribution in [3.05, 3.63) is 11.5 Å². The Labute approximate surface area is 119 Å². The highest BCUT2D eigenvalue weighted by Crippen LogP contribution is 2.21. The van der Waals surface area contributed by atoms with E-state index >= 15 is 0 Å². The number of alkyl halides is 1. The van der Waals surface area contributed by atoms with Crippen LogP contribution in [0.2, 0.25) is 0 Å². The minimum atomic E-state index is 0.617. The molecule has 0 spiro atoms. The fourth-order valence-corrected chi connectivity index (χ4v) is 2.72. The van der Waals surface area contributed by atoms with Crippen molar-refractivity contribution in [1.82, 2.24) is 19.3 Å². The van der Waals surface area contributed by atoms with E-state index in [2.05, 4.69) is 23.5 Å². The van der Waals surface area contributed by atoms with Gasteiger partial charge in [0, 0.05) is 25.9 Å². The highest BCUT2D eigenvalue weighted by molar-refractivity contribution is 6.17. The maximum atomic E-state index is 5.90. The predicted molar refractivity (Wildman–Crippen MR) is 79.8 cm³/mol. The maximum absolute atomic E-state index is 5.90. The average Bonchev–Trinajstić information content (AvgIpc) is 2.89. The van der Waals surface area contributed by atoms with Crippen LogP contribution in [0.1, 0.15) is 44.6 Å². The second kappa shape index (κ2) is 6.42. The summed E-state index contributed by atoms with van der Waals surface area (Å²) in [5.74, 6) is 1.72. The van der Waals surface area contributed by atoms with Crippen LogP contribution >= 0.6 is 11.6 Å². The van der Waals surface area contributed by atoms with Crippen molar-refractivity contribution in [3.63, 3.8) is 0 Å². The van der Waals surface area contributed by atoms with Crippen LogP contribution in [0, 0.1) is 0 Å². The third kappa shape index (κ3) is 2.78.